The van der Waals surface area contributed by atoms with Gasteiger partial charge in [0.05, 0.1) is 12.1 Å². The molecule has 1 amide bonds. The number of amides is 1. The van der Waals surface area contributed by atoms with Gasteiger partial charge >= 0.3 is 0 Å². The molecule has 4 aromatic rings. The molecule has 0 radical (unpaired) electrons. The van der Waals surface area contributed by atoms with Gasteiger partial charge in [0.15, 0.2) is 11.5 Å². The van der Waals surface area contributed by atoms with E-state index in [2.05, 4.69) is 15.1 Å². The molecule has 0 unspecified atom stereocenters. The van der Waals surface area contributed by atoms with Crippen molar-refractivity contribution in [3.63, 3.8) is 0 Å². The second-order valence-corrected chi connectivity index (χ2v) is 7.94. The number of hydrogen-bond donors (Lipinski definition) is 0. The molecule has 1 fully saturated rings. The van der Waals surface area contributed by atoms with Crippen molar-refractivity contribution in [3.8, 4) is 5.69 Å². The Morgan fingerprint density at radius 1 is 1.03 bits per heavy atom. The molecule has 8 nitrogen and oxygen atoms in total. The summed E-state index contributed by atoms with van der Waals surface area (Å²) in [6.45, 7) is 1.94. The van der Waals surface area contributed by atoms with Crippen LogP contribution >= 0.6 is 0 Å². The Hall–Kier alpha value is -3.55. The molecule has 1 aliphatic heterocycles. The zero-order chi connectivity index (χ0) is 20.1. The third-order valence-corrected chi connectivity index (χ3v) is 5.85. The fraction of sp³-hybridized carbons (Fsp3) is 0.318. The van der Waals surface area contributed by atoms with E-state index in [4.69, 9.17) is 4.98 Å². The first-order valence-corrected chi connectivity index (χ1v) is 10.4. The highest BCUT2D eigenvalue weighted by Crippen LogP contribution is 2.38. The van der Waals surface area contributed by atoms with E-state index < -0.39 is 0 Å². The smallest absolute Gasteiger partial charge is 0.255 e. The molecule has 150 valence electrons. The molecule has 6 rings (SSSR count). The summed E-state index contributed by atoms with van der Waals surface area (Å²) < 4.78 is 3.90. The van der Waals surface area contributed by atoms with Crippen molar-refractivity contribution in [1.82, 2.24) is 34.2 Å². The van der Waals surface area contributed by atoms with Gasteiger partial charge in [0, 0.05) is 37.3 Å². The van der Waals surface area contributed by atoms with Gasteiger partial charge in [-0.15, -0.1) is 0 Å². The molecule has 4 heterocycles. The van der Waals surface area contributed by atoms with Gasteiger partial charge in [-0.3, -0.25) is 9.36 Å². The molecule has 0 saturated heterocycles. The summed E-state index contributed by atoms with van der Waals surface area (Å²) in [5.74, 6) is 2.50. The Morgan fingerprint density at radius 3 is 2.73 bits per heavy atom. The van der Waals surface area contributed by atoms with Crippen LogP contribution in [0, 0.1) is 0 Å². The first-order valence-electron chi connectivity index (χ1n) is 10.4. The number of pyridine rings is 1. The topological polar surface area (TPSA) is 81.7 Å². The predicted octanol–water partition coefficient (Wildman–Crippen LogP) is 2.59. The number of aromatic nitrogens is 6. The van der Waals surface area contributed by atoms with Gasteiger partial charge in [-0.1, -0.05) is 18.2 Å². The van der Waals surface area contributed by atoms with Crippen LogP contribution in [0.15, 0.2) is 48.9 Å². The van der Waals surface area contributed by atoms with Gasteiger partial charge in [0.25, 0.3) is 5.91 Å². The lowest BCUT2D eigenvalue weighted by Gasteiger charge is -2.19. The lowest BCUT2D eigenvalue weighted by Crippen LogP contribution is -2.33. The molecule has 8 heteroatoms. The van der Waals surface area contributed by atoms with Crippen LogP contribution in [0.3, 0.4) is 0 Å². The average molecular weight is 399 g/mol. The highest BCUT2D eigenvalue weighted by molar-refractivity contribution is 5.96. The molecular weight excluding hydrogens is 378 g/mol. The van der Waals surface area contributed by atoms with E-state index in [0.717, 1.165) is 29.4 Å². The van der Waals surface area contributed by atoms with Crippen molar-refractivity contribution in [2.45, 2.75) is 31.7 Å². The predicted molar refractivity (Wildman–Crippen MR) is 110 cm³/mol. The number of benzene rings is 1. The quantitative estimate of drug-likeness (QED) is 0.529. The van der Waals surface area contributed by atoms with E-state index in [9.17, 15) is 4.79 Å². The van der Waals surface area contributed by atoms with E-state index in [1.807, 2.05) is 50.5 Å². The van der Waals surface area contributed by atoms with Crippen LogP contribution < -0.4 is 0 Å². The molecule has 1 aliphatic carbocycles. The molecular formula is C22H21N7O. The molecule has 0 spiro atoms. The fourth-order valence-corrected chi connectivity index (χ4v) is 4.02. The monoisotopic (exact) mass is 399 g/mol. The zero-order valence-electron chi connectivity index (χ0n) is 16.5. The number of rotatable bonds is 3. The van der Waals surface area contributed by atoms with Crippen LogP contribution in [0.5, 0.6) is 0 Å². The summed E-state index contributed by atoms with van der Waals surface area (Å²) in [6.07, 6.45) is 6.52. The van der Waals surface area contributed by atoms with Crippen molar-refractivity contribution in [2.75, 3.05) is 13.1 Å². The lowest BCUT2D eigenvalue weighted by atomic mass is 10.2. The van der Waals surface area contributed by atoms with E-state index >= 15 is 0 Å². The number of carbonyl (C=O) groups is 1. The number of fused-ring (bicyclic) bond motifs is 2. The average Bonchev–Trinajstić information content (AvgIpc) is 3.48. The highest BCUT2D eigenvalue weighted by atomic mass is 16.2. The molecule has 0 bridgehead atoms. The van der Waals surface area contributed by atoms with E-state index in [1.54, 1.807) is 12.5 Å². The van der Waals surface area contributed by atoms with E-state index in [0.29, 0.717) is 36.6 Å². The molecule has 30 heavy (non-hydrogen) atoms. The number of hydrogen-bond acceptors (Lipinski definition) is 5. The molecule has 0 atom stereocenters. The van der Waals surface area contributed by atoms with E-state index in [1.165, 1.54) is 12.8 Å². The third-order valence-electron chi connectivity index (χ3n) is 5.85. The van der Waals surface area contributed by atoms with Crippen LogP contribution in [0.25, 0.3) is 16.9 Å². The normalized spacial score (nSPS) is 16.5. The van der Waals surface area contributed by atoms with Crippen LogP contribution in [0.2, 0.25) is 0 Å². The Balaban J connectivity index is 1.23. The molecule has 1 aromatic carbocycles. The van der Waals surface area contributed by atoms with Gasteiger partial charge in [-0.05, 0) is 31.0 Å². The van der Waals surface area contributed by atoms with Gasteiger partial charge in [0.1, 0.15) is 17.7 Å². The summed E-state index contributed by atoms with van der Waals surface area (Å²) in [7, 11) is 0. The maximum atomic E-state index is 13.1. The van der Waals surface area contributed by atoms with Gasteiger partial charge in [0.2, 0.25) is 0 Å². The third kappa shape index (κ3) is 2.96. The standard InChI is InChI=1S/C22H21N7O/c30-22(27-9-8-19-25-20(15-6-7-15)26-29(19)11-10-27)16-12-18-21(23-13-16)28(14-24-18)17-4-2-1-3-5-17/h1-5,12-15H,6-11H2. The first-order chi connectivity index (χ1) is 14.8. The van der Waals surface area contributed by atoms with E-state index in [-0.39, 0.29) is 5.91 Å². The first kappa shape index (κ1) is 17.3. The Bertz CT molecular complexity index is 1210. The van der Waals surface area contributed by atoms with Crippen molar-refractivity contribution >= 4 is 17.1 Å². The van der Waals surface area contributed by atoms with Gasteiger partial charge in [-0.2, -0.15) is 5.10 Å². The number of nitrogens with zero attached hydrogens (tertiary/aromatic N) is 7. The Kier molecular flexibility index (Phi) is 3.90. The van der Waals surface area contributed by atoms with Crippen molar-refractivity contribution in [2.24, 2.45) is 0 Å². The zero-order valence-corrected chi connectivity index (χ0v) is 16.5. The molecule has 1 saturated carbocycles. The van der Waals surface area contributed by atoms with Crippen molar-refractivity contribution in [3.05, 3.63) is 66.1 Å². The number of imidazole rings is 1. The lowest BCUT2D eigenvalue weighted by molar-refractivity contribution is 0.0758. The fourth-order valence-electron chi connectivity index (χ4n) is 4.02. The molecule has 3 aromatic heterocycles. The Labute approximate surface area is 173 Å². The Morgan fingerprint density at radius 2 is 1.90 bits per heavy atom. The summed E-state index contributed by atoms with van der Waals surface area (Å²) in [5.41, 5.74) is 3.01. The maximum Gasteiger partial charge on any atom is 0.255 e. The van der Waals surface area contributed by atoms with Crippen molar-refractivity contribution in [1.29, 1.82) is 0 Å². The highest BCUT2D eigenvalue weighted by Gasteiger charge is 2.30. The summed E-state index contributed by atoms with van der Waals surface area (Å²) in [5, 5.41) is 4.65. The largest absolute Gasteiger partial charge is 0.336 e. The van der Waals surface area contributed by atoms with Gasteiger partial charge in [-0.25, -0.2) is 19.6 Å². The summed E-state index contributed by atoms with van der Waals surface area (Å²) in [6, 6.07) is 11.8. The van der Waals surface area contributed by atoms with Crippen LogP contribution in [-0.4, -0.2) is 53.2 Å². The second kappa shape index (κ2) is 6.76. The SMILES string of the molecule is O=C(c1cnc2c(c1)ncn2-c1ccccc1)N1CCc2nc(C3CC3)nn2CC1. The maximum absolute atomic E-state index is 13.1. The minimum absolute atomic E-state index is 0.0215. The van der Waals surface area contributed by atoms with Crippen LogP contribution in [0.1, 0.15) is 40.8 Å². The minimum Gasteiger partial charge on any atom is -0.336 e. The summed E-state index contributed by atoms with van der Waals surface area (Å²) in [4.78, 5) is 28.7. The second-order valence-electron chi connectivity index (χ2n) is 7.94. The van der Waals surface area contributed by atoms with Crippen LogP contribution in [0.4, 0.5) is 0 Å². The number of carbonyl (C=O) groups excluding carboxylic acids is 1. The minimum atomic E-state index is -0.0215. The molecule has 0 N–H and O–H groups in total. The van der Waals surface area contributed by atoms with Crippen molar-refractivity contribution < 1.29 is 4.79 Å². The molecule has 2 aliphatic rings. The van der Waals surface area contributed by atoms with Gasteiger partial charge < -0.3 is 4.90 Å². The number of para-hydroxylation sites is 1. The van der Waals surface area contributed by atoms with Crippen LogP contribution in [-0.2, 0) is 13.0 Å². The summed E-state index contributed by atoms with van der Waals surface area (Å²) >= 11 is 0.